The molecule has 0 fully saturated rings. The molecule has 0 saturated carbocycles. The first-order valence-electron chi connectivity index (χ1n) is 11.1. The fourth-order valence-electron chi connectivity index (χ4n) is 3.45. The van der Waals surface area contributed by atoms with Crippen LogP contribution in [0, 0.1) is 0 Å². The van der Waals surface area contributed by atoms with Crippen LogP contribution < -0.4 is 5.32 Å². The van der Waals surface area contributed by atoms with E-state index >= 15 is 0 Å². The Morgan fingerprint density at radius 1 is 0.909 bits per heavy atom. The standard InChI is InChI=1S/C27H29BrN2O2S/c1-2-17-29-27(32)25(18-21-9-5-3-6-10-21)30(19-22-13-15-23(28)16-14-22)26(31)20-33-24-11-7-4-8-12-24/h3-16,25H,2,17-20H2,1H3,(H,29,32)/t25-/m0/s1. The zero-order valence-corrected chi connectivity index (χ0v) is 21.1. The topological polar surface area (TPSA) is 49.4 Å². The Hall–Kier alpha value is -2.57. The number of hydrogen-bond acceptors (Lipinski definition) is 3. The van der Waals surface area contributed by atoms with E-state index in [9.17, 15) is 9.59 Å². The molecule has 33 heavy (non-hydrogen) atoms. The van der Waals surface area contributed by atoms with Gasteiger partial charge in [-0.1, -0.05) is 83.5 Å². The van der Waals surface area contributed by atoms with E-state index in [0.29, 0.717) is 19.5 Å². The summed E-state index contributed by atoms with van der Waals surface area (Å²) in [7, 11) is 0. The van der Waals surface area contributed by atoms with E-state index in [1.165, 1.54) is 11.8 Å². The molecule has 1 N–H and O–H groups in total. The van der Waals surface area contributed by atoms with Gasteiger partial charge in [-0.25, -0.2) is 0 Å². The molecule has 1 atom stereocenters. The number of nitrogens with zero attached hydrogens (tertiary/aromatic N) is 1. The summed E-state index contributed by atoms with van der Waals surface area (Å²) in [6, 6.07) is 27.0. The lowest BCUT2D eigenvalue weighted by Gasteiger charge is -2.31. The number of nitrogens with one attached hydrogen (secondary N) is 1. The lowest BCUT2D eigenvalue weighted by atomic mass is 10.0. The maximum absolute atomic E-state index is 13.5. The van der Waals surface area contributed by atoms with Crippen LogP contribution in [0.25, 0.3) is 0 Å². The number of carbonyl (C=O) groups is 2. The van der Waals surface area contributed by atoms with Crippen molar-refractivity contribution >= 4 is 39.5 Å². The largest absolute Gasteiger partial charge is 0.354 e. The van der Waals surface area contributed by atoms with Crippen LogP contribution in [-0.4, -0.2) is 35.1 Å². The zero-order chi connectivity index (χ0) is 23.5. The van der Waals surface area contributed by atoms with Gasteiger partial charge >= 0.3 is 0 Å². The number of thioether (sulfide) groups is 1. The van der Waals surface area contributed by atoms with Crippen LogP contribution in [0.1, 0.15) is 24.5 Å². The number of amides is 2. The molecule has 0 saturated heterocycles. The summed E-state index contributed by atoms with van der Waals surface area (Å²) in [5, 5.41) is 3.01. The van der Waals surface area contributed by atoms with Crippen molar-refractivity contribution in [3.05, 3.63) is 101 Å². The predicted molar refractivity (Wildman–Crippen MR) is 139 cm³/mol. The lowest BCUT2D eigenvalue weighted by molar-refractivity contribution is -0.139. The first-order valence-corrected chi connectivity index (χ1v) is 12.9. The van der Waals surface area contributed by atoms with Gasteiger partial charge in [-0.2, -0.15) is 0 Å². The highest BCUT2D eigenvalue weighted by molar-refractivity contribution is 9.10. The Balaban J connectivity index is 1.87. The minimum atomic E-state index is -0.591. The highest BCUT2D eigenvalue weighted by atomic mass is 79.9. The van der Waals surface area contributed by atoms with Gasteiger partial charge in [0.15, 0.2) is 0 Å². The Morgan fingerprint density at radius 3 is 2.18 bits per heavy atom. The molecule has 0 heterocycles. The smallest absolute Gasteiger partial charge is 0.243 e. The van der Waals surface area contributed by atoms with Gasteiger partial charge in [0, 0.05) is 28.9 Å². The summed E-state index contributed by atoms with van der Waals surface area (Å²) in [5.41, 5.74) is 2.01. The van der Waals surface area contributed by atoms with Crippen molar-refractivity contribution in [3.8, 4) is 0 Å². The molecule has 2 amide bonds. The van der Waals surface area contributed by atoms with E-state index in [1.54, 1.807) is 4.90 Å². The van der Waals surface area contributed by atoms with E-state index in [0.717, 1.165) is 26.9 Å². The third-order valence-corrected chi connectivity index (χ3v) is 6.72. The fourth-order valence-corrected chi connectivity index (χ4v) is 4.52. The van der Waals surface area contributed by atoms with Crippen LogP contribution in [0.15, 0.2) is 94.3 Å². The molecule has 0 bridgehead atoms. The molecule has 3 aromatic carbocycles. The third-order valence-electron chi connectivity index (χ3n) is 5.19. The lowest BCUT2D eigenvalue weighted by Crippen LogP contribution is -2.51. The van der Waals surface area contributed by atoms with E-state index in [2.05, 4.69) is 21.2 Å². The highest BCUT2D eigenvalue weighted by Gasteiger charge is 2.30. The van der Waals surface area contributed by atoms with Crippen molar-refractivity contribution in [1.29, 1.82) is 0 Å². The van der Waals surface area contributed by atoms with Crippen molar-refractivity contribution in [2.45, 2.75) is 37.2 Å². The van der Waals surface area contributed by atoms with Crippen molar-refractivity contribution in [3.63, 3.8) is 0 Å². The van der Waals surface area contributed by atoms with Crippen LogP contribution in [0.5, 0.6) is 0 Å². The summed E-state index contributed by atoms with van der Waals surface area (Å²) in [6.07, 6.45) is 1.31. The van der Waals surface area contributed by atoms with Crippen LogP contribution in [0.2, 0.25) is 0 Å². The summed E-state index contributed by atoms with van der Waals surface area (Å²) >= 11 is 4.96. The monoisotopic (exact) mass is 524 g/mol. The molecular formula is C27H29BrN2O2S. The van der Waals surface area contributed by atoms with Gasteiger partial charge < -0.3 is 10.2 Å². The molecule has 3 aromatic rings. The maximum Gasteiger partial charge on any atom is 0.243 e. The Bertz CT molecular complexity index is 1010. The second-order valence-corrected chi connectivity index (χ2v) is 9.71. The zero-order valence-electron chi connectivity index (χ0n) is 18.7. The van der Waals surface area contributed by atoms with Gasteiger partial charge in [-0.15, -0.1) is 11.8 Å². The molecule has 3 rings (SSSR count). The Kier molecular flexibility index (Phi) is 10.0. The number of carbonyl (C=O) groups excluding carboxylic acids is 2. The average Bonchev–Trinajstić information content (AvgIpc) is 2.85. The molecule has 172 valence electrons. The molecule has 6 heteroatoms. The van der Waals surface area contributed by atoms with Gasteiger partial charge in [0.1, 0.15) is 6.04 Å². The Labute approximate surface area is 208 Å². The first kappa shape index (κ1) is 25.1. The first-order chi connectivity index (χ1) is 16.1. The number of rotatable bonds is 11. The third kappa shape index (κ3) is 8.06. The summed E-state index contributed by atoms with van der Waals surface area (Å²) in [5.74, 6) is 0.0996. The highest BCUT2D eigenvalue weighted by Crippen LogP contribution is 2.21. The van der Waals surface area contributed by atoms with Gasteiger partial charge in [-0.05, 0) is 41.8 Å². The molecule has 0 spiro atoms. The van der Waals surface area contributed by atoms with Crippen LogP contribution in [-0.2, 0) is 22.6 Å². The van der Waals surface area contributed by atoms with Crippen LogP contribution >= 0.6 is 27.7 Å². The van der Waals surface area contributed by atoms with Crippen molar-refractivity contribution in [2.75, 3.05) is 12.3 Å². The molecule has 0 aromatic heterocycles. The van der Waals surface area contributed by atoms with Crippen LogP contribution in [0.3, 0.4) is 0 Å². The molecule has 0 radical (unpaired) electrons. The van der Waals surface area contributed by atoms with E-state index in [-0.39, 0.29) is 17.6 Å². The molecular weight excluding hydrogens is 496 g/mol. The predicted octanol–water partition coefficient (Wildman–Crippen LogP) is 5.71. The van der Waals surface area contributed by atoms with E-state index < -0.39 is 6.04 Å². The van der Waals surface area contributed by atoms with Crippen molar-refractivity contribution in [2.24, 2.45) is 0 Å². The number of hydrogen-bond donors (Lipinski definition) is 1. The molecule has 0 unspecified atom stereocenters. The summed E-state index contributed by atoms with van der Waals surface area (Å²) in [6.45, 7) is 2.98. The second-order valence-electron chi connectivity index (χ2n) is 7.75. The van der Waals surface area contributed by atoms with Crippen molar-refractivity contribution in [1.82, 2.24) is 10.2 Å². The maximum atomic E-state index is 13.5. The quantitative estimate of drug-likeness (QED) is 0.327. The summed E-state index contributed by atoms with van der Waals surface area (Å²) in [4.78, 5) is 29.5. The minimum Gasteiger partial charge on any atom is -0.354 e. The number of benzene rings is 3. The normalized spacial score (nSPS) is 11.6. The van der Waals surface area contributed by atoms with Gasteiger partial charge in [0.05, 0.1) is 5.75 Å². The summed E-state index contributed by atoms with van der Waals surface area (Å²) < 4.78 is 0.977. The fraction of sp³-hybridized carbons (Fsp3) is 0.259. The number of halogens is 1. The average molecular weight is 526 g/mol. The minimum absolute atomic E-state index is 0.0562. The van der Waals surface area contributed by atoms with Crippen molar-refractivity contribution < 1.29 is 9.59 Å². The van der Waals surface area contributed by atoms with Gasteiger partial charge in [0.2, 0.25) is 11.8 Å². The molecule has 0 aliphatic rings. The molecule has 0 aliphatic carbocycles. The molecule has 4 nitrogen and oxygen atoms in total. The van der Waals surface area contributed by atoms with Gasteiger partial charge in [-0.3, -0.25) is 9.59 Å². The van der Waals surface area contributed by atoms with E-state index in [4.69, 9.17) is 0 Å². The van der Waals surface area contributed by atoms with E-state index in [1.807, 2.05) is 91.9 Å². The molecule has 0 aliphatic heterocycles. The SMILES string of the molecule is CCCNC(=O)[C@H](Cc1ccccc1)N(Cc1ccc(Br)cc1)C(=O)CSc1ccccc1. The van der Waals surface area contributed by atoms with Crippen LogP contribution in [0.4, 0.5) is 0 Å². The van der Waals surface area contributed by atoms with Gasteiger partial charge in [0.25, 0.3) is 0 Å². The second kappa shape index (κ2) is 13.2. The Morgan fingerprint density at radius 2 is 1.55 bits per heavy atom.